The number of amides is 1. The maximum atomic E-state index is 12.0. The molecule has 0 radical (unpaired) electrons. The maximum absolute atomic E-state index is 12.0. The highest BCUT2D eigenvalue weighted by Gasteiger charge is 2.22. The largest absolute Gasteiger partial charge is 0.345 e. The van der Waals surface area contributed by atoms with Crippen LogP contribution in [0.4, 0.5) is 0 Å². The summed E-state index contributed by atoms with van der Waals surface area (Å²) in [5.74, 6) is 0.205. The van der Waals surface area contributed by atoms with Crippen molar-refractivity contribution >= 4 is 21.8 Å². The predicted molar refractivity (Wildman–Crippen MR) is 82.5 cm³/mol. The number of carbonyl (C=O) groups is 1. The molecule has 20 heavy (non-hydrogen) atoms. The summed E-state index contributed by atoms with van der Waals surface area (Å²) in [6.07, 6.45) is 1.95. The highest BCUT2D eigenvalue weighted by Crippen LogP contribution is 2.24. The molecule has 0 aromatic carbocycles. The van der Waals surface area contributed by atoms with Crippen LogP contribution in [-0.2, 0) is 24.3 Å². The Morgan fingerprint density at radius 1 is 1.30 bits per heavy atom. The molecule has 2 rings (SSSR count). The summed E-state index contributed by atoms with van der Waals surface area (Å²) in [5.41, 5.74) is 2.28. The average molecular weight is 343 g/mol. The monoisotopic (exact) mass is 342 g/mol. The molecule has 1 aliphatic rings. The van der Waals surface area contributed by atoms with E-state index in [0.29, 0.717) is 6.54 Å². The van der Waals surface area contributed by atoms with E-state index in [1.54, 1.807) is 0 Å². The third-order valence-electron chi connectivity index (χ3n) is 3.82. The fourth-order valence-corrected chi connectivity index (χ4v) is 3.25. The van der Waals surface area contributed by atoms with Crippen molar-refractivity contribution in [2.75, 3.05) is 26.7 Å². The Kier molecular flexibility index (Phi) is 5.21. The van der Waals surface area contributed by atoms with Crippen molar-refractivity contribution in [2.24, 2.45) is 0 Å². The molecule has 112 valence electrons. The molecule has 0 bridgehead atoms. The second-order valence-electron chi connectivity index (χ2n) is 5.26. The molecule has 0 N–H and O–H groups in total. The number of nitrogens with zero attached hydrogens (tertiary/aromatic N) is 4. The third kappa shape index (κ3) is 3.23. The summed E-state index contributed by atoms with van der Waals surface area (Å²) in [4.78, 5) is 16.0. The Hall–Kier alpha value is -0.880. The van der Waals surface area contributed by atoms with Gasteiger partial charge >= 0.3 is 0 Å². The van der Waals surface area contributed by atoms with Crippen molar-refractivity contribution in [1.82, 2.24) is 19.6 Å². The first kappa shape index (κ1) is 15.5. The number of halogens is 1. The highest BCUT2D eigenvalue weighted by molar-refractivity contribution is 9.10. The molecule has 1 saturated heterocycles. The predicted octanol–water partition coefficient (Wildman–Crippen LogP) is 1.89. The van der Waals surface area contributed by atoms with Gasteiger partial charge in [0, 0.05) is 33.2 Å². The van der Waals surface area contributed by atoms with E-state index < -0.39 is 0 Å². The molecule has 5 nitrogen and oxygen atoms in total. The van der Waals surface area contributed by atoms with Crippen LogP contribution < -0.4 is 0 Å². The van der Waals surface area contributed by atoms with Crippen molar-refractivity contribution in [3.05, 3.63) is 15.9 Å². The van der Waals surface area contributed by atoms with Crippen LogP contribution in [0.2, 0.25) is 0 Å². The van der Waals surface area contributed by atoms with Gasteiger partial charge in [0.25, 0.3) is 0 Å². The fraction of sp³-hybridized carbons (Fsp3) is 0.714. The van der Waals surface area contributed by atoms with Crippen molar-refractivity contribution in [1.29, 1.82) is 0 Å². The number of carbonyl (C=O) groups excluding carboxylic acids is 1. The Morgan fingerprint density at radius 3 is 2.70 bits per heavy atom. The molecule has 0 saturated carbocycles. The summed E-state index contributed by atoms with van der Waals surface area (Å²) in [7, 11) is 1.88. The number of rotatable bonds is 4. The summed E-state index contributed by atoms with van der Waals surface area (Å²) in [5, 5.41) is 4.62. The first-order valence-corrected chi connectivity index (χ1v) is 8.06. The molecule has 0 aliphatic carbocycles. The van der Waals surface area contributed by atoms with E-state index in [2.05, 4.69) is 39.8 Å². The molecule has 2 heterocycles. The molecule has 1 aromatic rings. The third-order valence-corrected chi connectivity index (χ3v) is 4.74. The minimum Gasteiger partial charge on any atom is -0.345 e. The van der Waals surface area contributed by atoms with Crippen molar-refractivity contribution in [2.45, 2.75) is 39.8 Å². The minimum absolute atomic E-state index is 0.205. The van der Waals surface area contributed by atoms with Crippen LogP contribution in [0.5, 0.6) is 0 Å². The van der Waals surface area contributed by atoms with Crippen LogP contribution in [0, 0.1) is 0 Å². The topological polar surface area (TPSA) is 41.4 Å². The molecule has 1 fully saturated rings. The van der Waals surface area contributed by atoms with Gasteiger partial charge in [-0.3, -0.25) is 14.4 Å². The molecular weight excluding hydrogens is 320 g/mol. The average Bonchev–Trinajstić information content (AvgIpc) is 2.64. The van der Waals surface area contributed by atoms with Gasteiger partial charge in [0.15, 0.2) is 0 Å². The lowest BCUT2D eigenvalue weighted by Crippen LogP contribution is -2.34. The lowest BCUT2D eigenvalue weighted by molar-refractivity contribution is -0.130. The lowest BCUT2D eigenvalue weighted by atomic mass is 10.3. The van der Waals surface area contributed by atoms with Gasteiger partial charge in [-0.1, -0.05) is 6.92 Å². The van der Waals surface area contributed by atoms with Gasteiger partial charge < -0.3 is 4.90 Å². The zero-order chi connectivity index (χ0) is 14.7. The second kappa shape index (κ2) is 6.72. The number of aromatic nitrogens is 2. The summed E-state index contributed by atoms with van der Waals surface area (Å²) >= 11 is 3.67. The molecule has 0 unspecified atom stereocenters. The molecule has 1 aliphatic heterocycles. The van der Waals surface area contributed by atoms with Gasteiger partial charge in [-0.15, -0.1) is 0 Å². The summed E-state index contributed by atoms with van der Waals surface area (Å²) in [6.45, 7) is 8.16. The Bertz CT molecular complexity index is 486. The van der Waals surface area contributed by atoms with Crippen molar-refractivity contribution in [3.8, 4) is 0 Å². The van der Waals surface area contributed by atoms with Crippen LogP contribution in [0.1, 0.15) is 31.7 Å². The number of hydrogen-bond donors (Lipinski definition) is 0. The van der Waals surface area contributed by atoms with E-state index in [4.69, 9.17) is 0 Å². The van der Waals surface area contributed by atoms with E-state index >= 15 is 0 Å². The fourth-order valence-electron chi connectivity index (χ4n) is 2.56. The number of likely N-dealkylation sites (N-methyl/N-ethyl adjacent to an activating group) is 1. The van der Waals surface area contributed by atoms with Gasteiger partial charge in [-0.2, -0.15) is 5.10 Å². The maximum Gasteiger partial charge on any atom is 0.236 e. The molecule has 1 amide bonds. The normalized spacial score (nSPS) is 17.6. The smallest absolute Gasteiger partial charge is 0.236 e. The van der Waals surface area contributed by atoms with Crippen molar-refractivity contribution < 1.29 is 4.79 Å². The molecule has 0 spiro atoms. The zero-order valence-electron chi connectivity index (χ0n) is 12.5. The zero-order valence-corrected chi connectivity index (χ0v) is 14.1. The van der Waals surface area contributed by atoms with E-state index in [1.807, 2.05) is 16.6 Å². The first-order valence-electron chi connectivity index (χ1n) is 7.27. The Morgan fingerprint density at radius 2 is 2.05 bits per heavy atom. The Balaban J connectivity index is 2.16. The van der Waals surface area contributed by atoms with Gasteiger partial charge in [0.1, 0.15) is 0 Å². The van der Waals surface area contributed by atoms with E-state index in [1.165, 1.54) is 5.69 Å². The van der Waals surface area contributed by atoms with Crippen LogP contribution in [-0.4, -0.2) is 52.2 Å². The SMILES string of the molecule is CCc1nn(CC)c(CN2CCCN(C)C(=O)C2)c1Br. The number of hydrogen-bond acceptors (Lipinski definition) is 3. The molecule has 6 heteroatoms. The molecule has 1 aromatic heterocycles. The highest BCUT2D eigenvalue weighted by atomic mass is 79.9. The summed E-state index contributed by atoms with van der Waals surface area (Å²) < 4.78 is 3.15. The molecule has 0 atom stereocenters. The summed E-state index contributed by atoms with van der Waals surface area (Å²) in [6, 6.07) is 0. The molecular formula is C14H23BrN4O. The van der Waals surface area contributed by atoms with Crippen molar-refractivity contribution in [3.63, 3.8) is 0 Å². The van der Waals surface area contributed by atoms with Crippen LogP contribution >= 0.6 is 15.9 Å². The quantitative estimate of drug-likeness (QED) is 0.838. The van der Waals surface area contributed by atoms with Crippen LogP contribution in [0.15, 0.2) is 4.47 Å². The van der Waals surface area contributed by atoms with Gasteiger partial charge in [0.2, 0.25) is 5.91 Å². The number of aryl methyl sites for hydroxylation is 2. The van der Waals surface area contributed by atoms with E-state index in [-0.39, 0.29) is 5.91 Å². The Labute approximate surface area is 129 Å². The first-order chi connectivity index (χ1) is 9.56. The second-order valence-corrected chi connectivity index (χ2v) is 6.05. The van der Waals surface area contributed by atoms with Crippen LogP contribution in [0.25, 0.3) is 0 Å². The van der Waals surface area contributed by atoms with E-state index in [9.17, 15) is 4.79 Å². The van der Waals surface area contributed by atoms with E-state index in [0.717, 1.165) is 49.2 Å². The van der Waals surface area contributed by atoms with Crippen LogP contribution in [0.3, 0.4) is 0 Å². The lowest BCUT2D eigenvalue weighted by Gasteiger charge is -2.20. The van der Waals surface area contributed by atoms with Gasteiger partial charge in [-0.25, -0.2) is 0 Å². The van der Waals surface area contributed by atoms with Gasteiger partial charge in [0.05, 0.1) is 22.4 Å². The van der Waals surface area contributed by atoms with Gasteiger partial charge in [-0.05, 0) is 35.7 Å². The minimum atomic E-state index is 0.205. The standard InChI is InChI=1S/C14H23BrN4O/c1-4-11-14(15)12(19(5-2)16-11)9-18-8-6-7-17(3)13(20)10-18/h4-10H2,1-3H3.